The molecule has 4 atom stereocenters. The van der Waals surface area contributed by atoms with Crippen LogP contribution in [0.5, 0.6) is 5.75 Å². The molecule has 1 aliphatic rings. The van der Waals surface area contributed by atoms with Gasteiger partial charge in [0.25, 0.3) is 0 Å². The van der Waals surface area contributed by atoms with Crippen LogP contribution in [0.4, 0.5) is 0 Å². The molecule has 1 saturated carbocycles. The summed E-state index contributed by atoms with van der Waals surface area (Å²) in [4.78, 5) is 23.5. The number of ether oxygens (including phenoxy) is 2. The van der Waals surface area contributed by atoms with E-state index >= 15 is 0 Å². The third-order valence-corrected chi connectivity index (χ3v) is 5.38. The summed E-state index contributed by atoms with van der Waals surface area (Å²) in [5.74, 6) is 0.954. The van der Waals surface area contributed by atoms with E-state index in [0.29, 0.717) is 25.4 Å². The average Bonchev–Trinajstić information content (AvgIpc) is 2.99. The largest absolute Gasteiger partial charge is 0.493 e. The first kappa shape index (κ1) is 23.7. The second kappa shape index (κ2) is 12.2. The van der Waals surface area contributed by atoms with Gasteiger partial charge in [0.05, 0.1) is 13.7 Å². The molecule has 0 radical (unpaired) electrons. The van der Waals surface area contributed by atoms with Gasteiger partial charge in [-0.05, 0) is 61.4 Å². The van der Waals surface area contributed by atoms with E-state index in [1.165, 1.54) is 12.7 Å². The minimum atomic E-state index is -1.18. The smallest absolute Gasteiger partial charge is 0.335 e. The van der Waals surface area contributed by atoms with Crippen molar-refractivity contribution in [2.24, 2.45) is 17.8 Å². The van der Waals surface area contributed by atoms with Crippen molar-refractivity contribution in [2.45, 2.75) is 45.6 Å². The van der Waals surface area contributed by atoms with Crippen molar-refractivity contribution in [2.75, 3.05) is 13.7 Å². The summed E-state index contributed by atoms with van der Waals surface area (Å²) in [5, 5.41) is 9.54. The Labute approximate surface area is 179 Å². The highest BCUT2D eigenvalue weighted by Crippen LogP contribution is 2.37. The van der Waals surface area contributed by atoms with Crippen molar-refractivity contribution in [3.05, 3.63) is 59.9 Å². The van der Waals surface area contributed by atoms with Crippen LogP contribution < -0.4 is 4.74 Å². The number of aryl methyl sites for hydroxylation is 1. The third-order valence-electron chi connectivity index (χ3n) is 5.38. The van der Waals surface area contributed by atoms with Gasteiger partial charge in [0, 0.05) is 18.8 Å². The van der Waals surface area contributed by atoms with Crippen molar-refractivity contribution in [3.63, 3.8) is 0 Å². The van der Waals surface area contributed by atoms with Crippen LogP contribution in [0.1, 0.15) is 38.2 Å². The fourth-order valence-corrected chi connectivity index (χ4v) is 3.72. The third kappa shape index (κ3) is 7.33. The lowest BCUT2D eigenvalue weighted by Gasteiger charge is -2.16. The maximum atomic E-state index is 12.4. The van der Waals surface area contributed by atoms with Crippen LogP contribution in [-0.2, 0) is 14.3 Å². The van der Waals surface area contributed by atoms with E-state index < -0.39 is 12.1 Å². The predicted octanol–water partition coefficient (Wildman–Crippen LogP) is 4.19. The van der Waals surface area contributed by atoms with Crippen LogP contribution >= 0.6 is 0 Å². The van der Waals surface area contributed by atoms with Crippen LogP contribution in [-0.4, -0.2) is 36.7 Å². The highest BCUT2D eigenvalue weighted by Gasteiger charge is 2.37. The molecule has 5 heteroatoms. The Kier molecular flexibility index (Phi) is 9.59. The van der Waals surface area contributed by atoms with Crippen molar-refractivity contribution < 1.29 is 24.2 Å². The Bertz CT molecular complexity index is 804. The number of rotatable bonds is 10. The Morgan fingerprint density at radius 1 is 1.37 bits per heavy atom. The molecule has 0 amide bonds. The molecule has 30 heavy (non-hydrogen) atoms. The Hall–Kier alpha value is -2.62. The van der Waals surface area contributed by atoms with Crippen molar-refractivity contribution in [3.8, 4) is 5.75 Å². The van der Waals surface area contributed by atoms with Crippen molar-refractivity contribution >= 4 is 11.8 Å². The molecular weight excluding hydrogens is 380 g/mol. The van der Waals surface area contributed by atoms with Gasteiger partial charge < -0.3 is 14.6 Å². The lowest BCUT2D eigenvalue weighted by Crippen LogP contribution is -2.20. The molecule has 0 aliphatic heterocycles. The quantitative estimate of drug-likeness (QED) is 0.270. The maximum absolute atomic E-state index is 12.4. The number of aliphatic hydroxyl groups excluding tert-OH is 1. The summed E-state index contributed by atoms with van der Waals surface area (Å²) in [5.41, 5.74) is 4.14. The van der Waals surface area contributed by atoms with E-state index in [1.807, 2.05) is 37.3 Å². The highest BCUT2D eigenvalue weighted by molar-refractivity contribution is 5.84. The van der Waals surface area contributed by atoms with Gasteiger partial charge in [-0.2, -0.15) is 0 Å². The molecule has 1 aromatic rings. The molecule has 0 aromatic heterocycles. The predicted molar refractivity (Wildman–Crippen MR) is 116 cm³/mol. The summed E-state index contributed by atoms with van der Waals surface area (Å²) in [6.45, 7) is 4.75. The van der Waals surface area contributed by atoms with E-state index in [-0.39, 0.29) is 24.0 Å². The summed E-state index contributed by atoms with van der Waals surface area (Å²) < 4.78 is 10.2. The standard InChI is InChI=1S/C25H32O5/c1-18-10-9-11-20(16-18)30-15-8-7-12-21-19(2)17-24(27)22(21)13-5-4-6-14-23(26)25(28)29-3/h5-7,9-12,16,19,21-23,26H,8,13-15,17H2,1-3H3/b12-7+/t4?,19-,21+,22-,23?/m1/s1. The number of hydrogen-bond acceptors (Lipinski definition) is 5. The monoisotopic (exact) mass is 412 g/mol. The lowest BCUT2D eigenvalue weighted by atomic mass is 9.87. The second-order valence-corrected chi connectivity index (χ2v) is 7.80. The molecule has 0 saturated heterocycles. The maximum Gasteiger partial charge on any atom is 0.335 e. The Morgan fingerprint density at radius 2 is 2.17 bits per heavy atom. The molecule has 1 N–H and O–H groups in total. The number of Topliss-reactive ketones (excluding diaryl/α,β-unsaturated/α-hetero) is 1. The zero-order chi connectivity index (χ0) is 21.9. The number of esters is 1. The fraction of sp³-hybridized carbons (Fsp3) is 0.480. The Morgan fingerprint density at radius 3 is 2.90 bits per heavy atom. The SMILES string of the molecule is COC(=O)C(O)CC=C=CC[C@H]1C(=O)C[C@@H](C)[C@@H]1/C=C/CCOc1cccc(C)c1. The van der Waals surface area contributed by atoms with Crippen LogP contribution in [0, 0.1) is 24.7 Å². The Balaban J connectivity index is 1.83. The number of benzene rings is 1. The molecule has 0 spiro atoms. The lowest BCUT2D eigenvalue weighted by molar-refractivity contribution is -0.150. The first-order valence-electron chi connectivity index (χ1n) is 10.5. The van der Waals surface area contributed by atoms with Crippen molar-refractivity contribution in [1.29, 1.82) is 0 Å². The number of methoxy groups -OCH3 is 1. The number of carbonyl (C=O) groups excluding carboxylic acids is 2. The van der Waals surface area contributed by atoms with Gasteiger partial charge in [-0.3, -0.25) is 4.79 Å². The summed E-state index contributed by atoms with van der Waals surface area (Å²) in [7, 11) is 1.24. The van der Waals surface area contributed by atoms with E-state index in [4.69, 9.17) is 4.74 Å². The first-order chi connectivity index (χ1) is 14.4. The number of carbonyl (C=O) groups is 2. The molecule has 1 aromatic carbocycles. The molecule has 0 heterocycles. The van der Waals surface area contributed by atoms with Gasteiger partial charge in [-0.25, -0.2) is 4.79 Å². The molecule has 1 unspecified atom stereocenters. The molecular formula is C25H32O5. The van der Waals surface area contributed by atoms with Gasteiger partial charge in [-0.1, -0.05) is 31.2 Å². The number of ketones is 1. The van der Waals surface area contributed by atoms with E-state index in [2.05, 4.69) is 29.5 Å². The van der Waals surface area contributed by atoms with Gasteiger partial charge in [-0.15, -0.1) is 5.73 Å². The molecule has 1 fully saturated rings. The first-order valence-corrected chi connectivity index (χ1v) is 10.5. The van der Waals surface area contributed by atoms with Crippen LogP contribution in [0.2, 0.25) is 0 Å². The minimum Gasteiger partial charge on any atom is -0.493 e. The van der Waals surface area contributed by atoms with Crippen LogP contribution in [0.15, 0.2) is 54.3 Å². The zero-order valence-corrected chi connectivity index (χ0v) is 18.0. The fourth-order valence-electron chi connectivity index (χ4n) is 3.72. The van der Waals surface area contributed by atoms with Crippen LogP contribution in [0.25, 0.3) is 0 Å². The molecule has 1 aliphatic carbocycles. The van der Waals surface area contributed by atoms with Gasteiger partial charge in [0.2, 0.25) is 0 Å². The molecule has 2 rings (SSSR count). The summed E-state index contributed by atoms with van der Waals surface area (Å²) >= 11 is 0. The number of hydrogen-bond donors (Lipinski definition) is 1. The molecule has 5 nitrogen and oxygen atoms in total. The van der Waals surface area contributed by atoms with Gasteiger partial charge in [0.15, 0.2) is 6.10 Å². The zero-order valence-electron chi connectivity index (χ0n) is 18.0. The topological polar surface area (TPSA) is 72.8 Å². The second-order valence-electron chi connectivity index (χ2n) is 7.80. The van der Waals surface area contributed by atoms with Crippen molar-refractivity contribution in [1.82, 2.24) is 0 Å². The van der Waals surface area contributed by atoms with E-state index in [9.17, 15) is 14.7 Å². The van der Waals surface area contributed by atoms with Gasteiger partial charge >= 0.3 is 5.97 Å². The summed E-state index contributed by atoms with van der Waals surface area (Å²) in [6, 6.07) is 7.99. The normalized spacial score (nSPS) is 21.9. The average molecular weight is 413 g/mol. The molecule has 0 bridgehead atoms. The minimum absolute atomic E-state index is 0.0552. The number of aliphatic hydroxyl groups is 1. The van der Waals surface area contributed by atoms with E-state index in [1.54, 1.807) is 6.08 Å². The van der Waals surface area contributed by atoms with E-state index in [0.717, 1.165) is 12.2 Å². The highest BCUT2D eigenvalue weighted by atomic mass is 16.5. The van der Waals surface area contributed by atoms with Crippen LogP contribution in [0.3, 0.4) is 0 Å². The van der Waals surface area contributed by atoms with Gasteiger partial charge in [0.1, 0.15) is 11.5 Å². The number of allylic oxidation sites excluding steroid dienone is 1. The summed E-state index contributed by atoms with van der Waals surface area (Å²) in [6.07, 6.45) is 8.61. The molecule has 162 valence electrons.